The van der Waals surface area contributed by atoms with E-state index in [1.54, 1.807) is 24.3 Å². The van der Waals surface area contributed by atoms with Crippen molar-refractivity contribution in [3.63, 3.8) is 0 Å². The van der Waals surface area contributed by atoms with Crippen LogP contribution >= 0.6 is 0 Å². The van der Waals surface area contributed by atoms with Crippen molar-refractivity contribution < 1.29 is 23.5 Å². The molecule has 0 aliphatic carbocycles. The number of rotatable bonds is 5. The maximum absolute atomic E-state index is 12.8. The number of nitrogens with one attached hydrogen (secondary N) is 1. The number of nitrogens with zero attached hydrogens (tertiary/aromatic N) is 1. The Kier molecular flexibility index (Phi) is 5.64. The Morgan fingerprint density at radius 2 is 1.91 bits per heavy atom. The summed E-state index contributed by atoms with van der Waals surface area (Å²) in [6.07, 6.45) is 1.50. The molecule has 2 aromatic carbocycles. The molecule has 1 N–H and O–H groups in total. The fraction of sp³-hybridized carbons (Fsp3) is 0.160. The summed E-state index contributed by atoms with van der Waals surface area (Å²) >= 11 is 0. The lowest BCUT2D eigenvalue weighted by Gasteiger charge is -2.12. The minimum Gasteiger partial charge on any atom is -0.465 e. The van der Waals surface area contributed by atoms with E-state index in [0.29, 0.717) is 17.1 Å². The van der Waals surface area contributed by atoms with Crippen LogP contribution in [0.25, 0.3) is 17.4 Å². The second kappa shape index (κ2) is 8.55. The van der Waals surface area contributed by atoms with Gasteiger partial charge in [-0.1, -0.05) is 35.9 Å². The molecular weight excluding hydrogens is 408 g/mol. The van der Waals surface area contributed by atoms with E-state index in [2.05, 4.69) is 5.32 Å². The number of carbonyl (C=O) groups excluding carboxylic acids is 3. The Labute approximate surface area is 185 Å². The van der Waals surface area contributed by atoms with Gasteiger partial charge in [0.2, 0.25) is 0 Å². The molecule has 7 heteroatoms. The van der Waals surface area contributed by atoms with Gasteiger partial charge in [-0.25, -0.2) is 9.59 Å². The highest BCUT2D eigenvalue weighted by molar-refractivity contribution is 6.13. The third-order valence-electron chi connectivity index (χ3n) is 5.22. The number of methoxy groups -OCH3 is 1. The second-order valence-electron chi connectivity index (χ2n) is 7.59. The lowest BCUT2D eigenvalue weighted by molar-refractivity contribution is -0.123. The minimum absolute atomic E-state index is 0.142. The summed E-state index contributed by atoms with van der Waals surface area (Å²) in [6.45, 7) is 4.05. The van der Waals surface area contributed by atoms with Gasteiger partial charge in [0.25, 0.3) is 5.91 Å². The number of hydrogen-bond acceptors (Lipinski definition) is 5. The van der Waals surface area contributed by atoms with Crippen molar-refractivity contribution in [1.82, 2.24) is 10.2 Å². The number of benzene rings is 2. The number of esters is 1. The molecule has 2 heterocycles. The van der Waals surface area contributed by atoms with Crippen molar-refractivity contribution in [1.29, 1.82) is 0 Å². The highest BCUT2D eigenvalue weighted by atomic mass is 16.5. The number of hydrogen-bond donors (Lipinski definition) is 1. The van der Waals surface area contributed by atoms with Gasteiger partial charge in [0.15, 0.2) is 0 Å². The summed E-state index contributed by atoms with van der Waals surface area (Å²) in [5.74, 6) is 0.0869. The van der Waals surface area contributed by atoms with Crippen molar-refractivity contribution >= 4 is 24.0 Å². The number of aryl methyl sites for hydroxylation is 2. The van der Waals surface area contributed by atoms with Crippen molar-refractivity contribution in [3.8, 4) is 11.3 Å². The van der Waals surface area contributed by atoms with Crippen LogP contribution in [0, 0.1) is 13.8 Å². The van der Waals surface area contributed by atoms with Gasteiger partial charge >= 0.3 is 12.0 Å². The number of amides is 3. The first-order chi connectivity index (χ1) is 15.4. The van der Waals surface area contributed by atoms with Crippen LogP contribution < -0.4 is 5.32 Å². The summed E-state index contributed by atoms with van der Waals surface area (Å²) in [7, 11) is 1.33. The number of urea groups is 1. The predicted molar refractivity (Wildman–Crippen MR) is 118 cm³/mol. The zero-order chi connectivity index (χ0) is 22.8. The van der Waals surface area contributed by atoms with Gasteiger partial charge in [0.05, 0.1) is 19.2 Å². The molecular formula is C25H22N2O5. The number of carbonyl (C=O) groups is 3. The van der Waals surface area contributed by atoms with E-state index in [9.17, 15) is 14.4 Å². The number of ether oxygens (including phenoxy) is 1. The van der Waals surface area contributed by atoms with Crippen LogP contribution in [-0.2, 0) is 16.1 Å². The number of furan rings is 1. The molecule has 1 aliphatic rings. The van der Waals surface area contributed by atoms with E-state index < -0.39 is 17.9 Å². The fourth-order valence-electron chi connectivity index (χ4n) is 3.56. The van der Waals surface area contributed by atoms with E-state index >= 15 is 0 Å². The first-order valence-electron chi connectivity index (χ1n) is 10.0. The average molecular weight is 430 g/mol. The normalized spacial score (nSPS) is 14.7. The number of imide groups is 1. The van der Waals surface area contributed by atoms with Crippen LogP contribution in [0.15, 0.2) is 64.7 Å². The molecule has 0 radical (unpaired) electrons. The lowest BCUT2D eigenvalue weighted by atomic mass is 10.0. The van der Waals surface area contributed by atoms with Crippen molar-refractivity contribution in [3.05, 3.63) is 88.3 Å². The minimum atomic E-state index is -0.476. The van der Waals surface area contributed by atoms with E-state index in [1.807, 2.05) is 44.2 Å². The monoisotopic (exact) mass is 430 g/mol. The maximum Gasteiger partial charge on any atom is 0.337 e. The van der Waals surface area contributed by atoms with Crippen molar-refractivity contribution in [2.45, 2.75) is 20.4 Å². The second-order valence-corrected chi connectivity index (χ2v) is 7.59. The lowest BCUT2D eigenvalue weighted by Crippen LogP contribution is -2.30. The largest absolute Gasteiger partial charge is 0.465 e. The zero-order valence-corrected chi connectivity index (χ0v) is 18.0. The molecule has 1 aromatic heterocycles. The molecule has 0 unspecified atom stereocenters. The Morgan fingerprint density at radius 3 is 2.66 bits per heavy atom. The van der Waals surface area contributed by atoms with Crippen LogP contribution in [0.1, 0.15) is 32.8 Å². The van der Waals surface area contributed by atoms with Crippen LogP contribution in [0.4, 0.5) is 4.79 Å². The summed E-state index contributed by atoms with van der Waals surface area (Å²) < 4.78 is 10.7. The first kappa shape index (κ1) is 21.1. The van der Waals surface area contributed by atoms with E-state index in [0.717, 1.165) is 27.2 Å². The van der Waals surface area contributed by atoms with E-state index in [-0.39, 0.29) is 12.2 Å². The molecule has 0 bridgehead atoms. The molecule has 1 aliphatic heterocycles. The molecule has 162 valence electrons. The Bertz CT molecular complexity index is 1250. The SMILES string of the molecule is COC(=O)c1ccc(C)c(-c2ccc(/C=C3/NC(=O)N(Cc4cccc(C)c4)C3=O)o2)c1. The van der Waals surface area contributed by atoms with Crippen LogP contribution in [-0.4, -0.2) is 29.9 Å². The Morgan fingerprint density at radius 1 is 1.09 bits per heavy atom. The van der Waals surface area contributed by atoms with Gasteiger partial charge in [0, 0.05) is 11.6 Å². The van der Waals surface area contributed by atoms with Gasteiger partial charge in [-0.2, -0.15) is 0 Å². The van der Waals surface area contributed by atoms with Gasteiger partial charge in [-0.3, -0.25) is 9.69 Å². The van der Waals surface area contributed by atoms with Crippen LogP contribution in [0.5, 0.6) is 0 Å². The topological polar surface area (TPSA) is 88.9 Å². The Balaban J connectivity index is 1.56. The van der Waals surface area contributed by atoms with Crippen molar-refractivity contribution in [2.75, 3.05) is 7.11 Å². The smallest absolute Gasteiger partial charge is 0.337 e. The van der Waals surface area contributed by atoms with Gasteiger partial charge < -0.3 is 14.5 Å². The summed E-state index contributed by atoms with van der Waals surface area (Å²) in [4.78, 5) is 38.1. The molecule has 3 aromatic rings. The van der Waals surface area contributed by atoms with Crippen LogP contribution in [0.3, 0.4) is 0 Å². The average Bonchev–Trinajstić information content (AvgIpc) is 3.34. The van der Waals surface area contributed by atoms with Gasteiger partial charge in [-0.05, 0) is 49.2 Å². The van der Waals surface area contributed by atoms with E-state index in [4.69, 9.17) is 9.15 Å². The molecule has 0 atom stereocenters. The third-order valence-corrected chi connectivity index (χ3v) is 5.22. The Hall–Kier alpha value is -4.13. The summed E-state index contributed by atoms with van der Waals surface area (Å²) in [5, 5.41) is 2.61. The molecule has 0 saturated carbocycles. The fourth-order valence-corrected chi connectivity index (χ4v) is 3.56. The van der Waals surface area contributed by atoms with E-state index in [1.165, 1.54) is 13.2 Å². The quantitative estimate of drug-likeness (QED) is 0.367. The maximum atomic E-state index is 12.8. The standard InChI is InChI=1S/C25H22N2O5/c1-15-5-4-6-17(11-15)14-27-23(28)21(26-25(27)30)13-19-9-10-22(32-19)20-12-18(24(29)31-3)8-7-16(20)2/h4-13H,14H2,1-3H3,(H,26,30)/b21-13+. The molecule has 1 saturated heterocycles. The zero-order valence-electron chi connectivity index (χ0n) is 18.0. The molecule has 1 fully saturated rings. The van der Waals surface area contributed by atoms with Gasteiger partial charge in [0.1, 0.15) is 17.2 Å². The summed E-state index contributed by atoms with van der Waals surface area (Å²) in [5.41, 5.74) is 4.13. The molecule has 4 rings (SSSR count). The third kappa shape index (κ3) is 4.18. The summed E-state index contributed by atoms with van der Waals surface area (Å²) in [6, 6.07) is 15.8. The highest BCUT2D eigenvalue weighted by Crippen LogP contribution is 2.28. The first-order valence-corrected chi connectivity index (χ1v) is 10.0. The molecule has 32 heavy (non-hydrogen) atoms. The molecule has 3 amide bonds. The van der Waals surface area contributed by atoms with Gasteiger partial charge in [-0.15, -0.1) is 0 Å². The predicted octanol–water partition coefficient (Wildman–Crippen LogP) is 4.44. The van der Waals surface area contributed by atoms with Crippen molar-refractivity contribution in [2.24, 2.45) is 0 Å². The molecule has 7 nitrogen and oxygen atoms in total. The molecule has 0 spiro atoms. The highest BCUT2D eigenvalue weighted by Gasteiger charge is 2.33. The van der Waals surface area contributed by atoms with Crippen LogP contribution in [0.2, 0.25) is 0 Å².